The lowest BCUT2D eigenvalue weighted by Crippen LogP contribution is -2.48. The van der Waals surface area contributed by atoms with Crippen LogP contribution in [0.2, 0.25) is 45.8 Å². The molecule has 0 unspecified atom stereocenters. The van der Waals surface area contributed by atoms with E-state index in [1.165, 1.54) is 0 Å². The van der Waals surface area contributed by atoms with Crippen LogP contribution in [0.3, 0.4) is 0 Å². The quantitative estimate of drug-likeness (QED) is 0.438. The molecule has 0 amide bonds. The lowest BCUT2D eigenvalue weighted by Gasteiger charge is -2.34. The molecule has 2 nitrogen and oxygen atoms in total. The third kappa shape index (κ3) is 9.60. The van der Waals surface area contributed by atoms with E-state index in [1.807, 2.05) is 0 Å². The molecule has 0 aliphatic rings. The first kappa shape index (κ1) is 14.3. The predicted molar refractivity (Wildman–Crippen MR) is 74.5 cm³/mol. The second-order valence-corrected chi connectivity index (χ2v) is 22.9. The summed E-state index contributed by atoms with van der Waals surface area (Å²) in [5, 5.41) is 0. The zero-order valence-corrected chi connectivity index (χ0v) is 14.9. The summed E-state index contributed by atoms with van der Waals surface area (Å²) in [7, 11) is -2.88. The molecule has 0 saturated carbocycles. The Bertz CT molecular complexity index is 154. The first-order valence-electron chi connectivity index (χ1n) is 4.51. The Kier molecular flexibility index (Phi) is 4.88. The summed E-state index contributed by atoms with van der Waals surface area (Å²) in [6.45, 7) is 15.4. The molecule has 80 valence electrons. The summed E-state index contributed by atoms with van der Waals surface area (Å²) in [6, 6.07) is -1.88. The zero-order chi connectivity index (χ0) is 10.9. The molecule has 0 saturated heterocycles. The summed E-state index contributed by atoms with van der Waals surface area (Å²) < 4.78 is 12.2. The van der Waals surface area contributed by atoms with Crippen molar-refractivity contribution in [3.05, 3.63) is 0 Å². The van der Waals surface area contributed by atoms with Crippen molar-refractivity contribution in [3.63, 3.8) is 0 Å². The van der Waals surface area contributed by atoms with Crippen molar-refractivity contribution < 1.29 is 8.23 Å². The fourth-order valence-corrected chi connectivity index (χ4v) is 22.3. The largest absolute Gasteiger partial charge is 0.430 e. The molecule has 6 heteroatoms. The molecular formula is C7H21IO2Si3. The van der Waals surface area contributed by atoms with Gasteiger partial charge < -0.3 is 8.23 Å². The summed E-state index contributed by atoms with van der Waals surface area (Å²) in [5.74, 6) is 0. The van der Waals surface area contributed by atoms with Crippen LogP contribution < -0.4 is 0 Å². The Morgan fingerprint density at radius 3 is 1.08 bits per heavy atom. The van der Waals surface area contributed by atoms with Crippen molar-refractivity contribution in [1.82, 2.24) is 0 Å². The second kappa shape index (κ2) is 4.44. The van der Waals surface area contributed by atoms with E-state index in [0.29, 0.717) is 0 Å². The van der Waals surface area contributed by atoms with Crippen LogP contribution in [0.1, 0.15) is 0 Å². The first-order valence-corrected chi connectivity index (χ1v) is 16.8. The molecule has 0 aromatic rings. The predicted octanol–water partition coefficient (Wildman–Crippen LogP) is 3.69. The number of hydrogen-bond donors (Lipinski definition) is 0. The van der Waals surface area contributed by atoms with Crippen LogP contribution in [0.4, 0.5) is 0 Å². The summed E-state index contributed by atoms with van der Waals surface area (Å²) in [4.78, 5) is 0. The second-order valence-electron chi connectivity index (χ2n) is 5.26. The average molecular weight is 348 g/mol. The molecule has 0 aliphatic carbocycles. The monoisotopic (exact) mass is 348 g/mol. The van der Waals surface area contributed by atoms with Crippen LogP contribution in [0.5, 0.6) is 0 Å². The fraction of sp³-hybridized carbons (Fsp3) is 1.00. The molecule has 0 aromatic carbocycles. The van der Waals surface area contributed by atoms with Crippen molar-refractivity contribution in [2.75, 3.05) is 0 Å². The SMILES string of the molecule is C[Si](C)(C)O[Si](C)(I)O[Si](C)(C)C. The standard InChI is InChI=1S/C7H21IO2Si3/c1-11(2,3)9-13(7,8)10-12(4,5)6/h1-7H3. The number of rotatable bonds is 4. The van der Waals surface area contributed by atoms with Gasteiger partial charge in [-0.1, -0.05) is 21.8 Å². The van der Waals surface area contributed by atoms with Crippen LogP contribution in [-0.4, -0.2) is 22.7 Å². The Labute approximate surface area is 98.1 Å². The van der Waals surface area contributed by atoms with Gasteiger partial charge in [0.25, 0.3) is 0 Å². The van der Waals surface area contributed by atoms with Crippen molar-refractivity contribution in [2.45, 2.75) is 45.8 Å². The molecular weight excluding hydrogens is 327 g/mol. The van der Waals surface area contributed by atoms with Crippen LogP contribution in [0.15, 0.2) is 0 Å². The van der Waals surface area contributed by atoms with E-state index in [9.17, 15) is 0 Å². The van der Waals surface area contributed by atoms with E-state index in [4.69, 9.17) is 8.23 Å². The van der Waals surface area contributed by atoms with E-state index >= 15 is 0 Å². The molecule has 0 N–H and O–H groups in total. The lowest BCUT2D eigenvalue weighted by atomic mass is 11.8. The molecule has 0 aliphatic heterocycles. The van der Waals surface area contributed by atoms with Crippen molar-refractivity contribution in [3.8, 4) is 0 Å². The third-order valence-electron chi connectivity index (χ3n) is 0.977. The number of halogens is 1. The normalized spacial score (nSPS) is 14.8. The van der Waals surface area contributed by atoms with E-state index in [-0.39, 0.29) is 0 Å². The fourth-order valence-electron chi connectivity index (χ4n) is 1.11. The first-order chi connectivity index (χ1) is 5.41. The smallest absolute Gasteiger partial charge is 0.384 e. The zero-order valence-electron chi connectivity index (χ0n) is 9.69. The van der Waals surface area contributed by atoms with E-state index in [1.54, 1.807) is 0 Å². The highest BCUT2D eigenvalue weighted by Crippen LogP contribution is 2.25. The van der Waals surface area contributed by atoms with Gasteiger partial charge in [-0.3, -0.25) is 0 Å². The molecule has 0 atom stereocenters. The van der Waals surface area contributed by atoms with Gasteiger partial charge in [0.05, 0.1) is 0 Å². The van der Waals surface area contributed by atoms with Gasteiger partial charge in [-0.05, 0) is 45.8 Å². The van der Waals surface area contributed by atoms with Gasteiger partial charge in [-0.15, -0.1) is 0 Å². The maximum Gasteiger partial charge on any atom is 0.384 e. The maximum absolute atomic E-state index is 6.08. The van der Waals surface area contributed by atoms with Gasteiger partial charge in [0.2, 0.25) is 0 Å². The van der Waals surface area contributed by atoms with Gasteiger partial charge in [-0.25, -0.2) is 0 Å². The molecule has 0 heterocycles. The Balaban J connectivity index is 4.25. The van der Waals surface area contributed by atoms with Gasteiger partial charge in [0.1, 0.15) is 0 Å². The number of hydrogen-bond acceptors (Lipinski definition) is 2. The highest BCUT2D eigenvalue weighted by atomic mass is 127. The van der Waals surface area contributed by atoms with Crippen LogP contribution in [-0.2, 0) is 8.23 Å². The summed E-state index contributed by atoms with van der Waals surface area (Å²) in [5.41, 5.74) is 0. The molecule has 0 aromatic heterocycles. The molecule has 0 rings (SSSR count). The molecule has 0 spiro atoms. The van der Waals surface area contributed by atoms with Crippen molar-refractivity contribution in [2.24, 2.45) is 0 Å². The minimum Gasteiger partial charge on any atom is -0.430 e. The van der Waals surface area contributed by atoms with Crippen LogP contribution in [0, 0.1) is 0 Å². The summed E-state index contributed by atoms with van der Waals surface area (Å²) >= 11 is 2.39. The highest BCUT2D eigenvalue weighted by molar-refractivity contribution is 14.1. The van der Waals surface area contributed by atoms with Gasteiger partial charge >= 0.3 is 6.06 Å². The van der Waals surface area contributed by atoms with E-state index in [2.05, 4.69) is 67.6 Å². The molecule has 0 bridgehead atoms. The Morgan fingerprint density at radius 2 is 0.923 bits per heavy atom. The van der Waals surface area contributed by atoms with Gasteiger partial charge in [0, 0.05) is 0 Å². The van der Waals surface area contributed by atoms with Crippen molar-refractivity contribution >= 4 is 44.5 Å². The van der Waals surface area contributed by atoms with E-state index in [0.717, 1.165) is 0 Å². The average Bonchev–Trinajstić information content (AvgIpc) is 1.43. The summed E-state index contributed by atoms with van der Waals surface area (Å²) in [6.07, 6.45) is 0. The van der Waals surface area contributed by atoms with Gasteiger partial charge in [0.15, 0.2) is 16.6 Å². The minimum atomic E-state index is -1.88. The topological polar surface area (TPSA) is 18.5 Å². The van der Waals surface area contributed by atoms with E-state index < -0.39 is 22.7 Å². The van der Waals surface area contributed by atoms with Gasteiger partial charge in [-0.2, -0.15) is 0 Å². The third-order valence-corrected chi connectivity index (χ3v) is 12.8. The lowest BCUT2D eigenvalue weighted by molar-refractivity contribution is 0.423. The highest BCUT2D eigenvalue weighted by Gasteiger charge is 2.37. The minimum absolute atomic E-state index is 1.44. The Hall–Kier alpha value is 1.30. The molecule has 0 radical (unpaired) electrons. The maximum atomic E-state index is 6.08. The molecule has 0 fully saturated rings. The molecule has 13 heavy (non-hydrogen) atoms. The Morgan fingerprint density at radius 1 is 0.692 bits per heavy atom. The van der Waals surface area contributed by atoms with Crippen LogP contribution in [0.25, 0.3) is 0 Å². The van der Waals surface area contributed by atoms with Crippen LogP contribution >= 0.6 is 21.8 Å². The van der Waals surface area contributed by atoms with Crippen molar-refractivity contribution in [1.29, 1.82) is 0 Å².